The monoisotopic (exact) mass is 713 g/mol. The third-order valence-corrected chi connectivity index (χ3v) is 10.1. The topological polar surface area (TPSA) is 96.0 Å². The molecule has 0 saturated carbocycles. The van der Waals surface area contributed by atoms with E-state index in [1.165, 1.54) is 17.0 Å². The van der Waals surface area contributed by atoms with E-state index in [4.69, 9.17) is 27.9 Å². The summed E-state index contributed by atoms with van der Waals surface area (Å²) in [6, 6.07) is 23.7. The first-order valence-electron chi connectivity index (χ1n) is 15.6. The number of carbonyl (C=O) groups excluding carboxylic acids is 2. The van der Waals surface area contributed by atoms with Crippen molar-refractivity contribution in [2.75, 3.05) is 24.0 Å². The van der Waals surface area contributed by atoms with E-state index < -0.39 is 40.2 Å². The second-order valence-corrected chi connectivity index (χ2v) is 13.6. The lowest BCUT2D eigenvalue weighted by molar-refractivity contribution is -0.140. The van der Waals surface area contributed by atoms with Crippen LogP contribution in [0.15, 0.2) is 102 Å². The van der Waals surface area contributed by atoms with E-state index >= 15 is 0 Å². The Balaban J connectivity index is 1.82. The quantitative estimate of drug-likeness (QED) is 0.123. The average Bonchev–Trinajstić information content (AvgIpc) is 3.07. The number of hydrogen-bond donors (Lipinski definition) is 1. The fourth-order valence-corrected chi connectivity index (χ4v) is 6.98. The fourth-order valence-electron chi connectivity index (χ4n) is 5.05. The molecule has 12 heteroatoms. The molecule has 2 amide bonds. The number of benzene rings is 4. The zero-order valence-electron chi connectivity index (χ0n) is 26.7. The summed E-state index contributed by atoms with van der Waals surface area (Å²) in [7, 11) is -4.41. The summed E-state index contributed by atoms with van der Waals surface area (Å²) < 4.78 is 48.5. The number of nitrogens with zero attached hydrogens (tertiary/aromatic N) is 2. The third kappa shape index (κ3) is 9.49. The fraction of sp³-hybridized carbons (Fsp3) is 0.278. The van der Waals surface area contributed by atoms with E-state index in [0.29, 0.717) is 24.5 Å². The van der Waals surface area contributed by atoms with Crippen LogP contribution in [0.3, 0.4) is 0 Å². The number of halogens is 3. The maximum absolute atomic E-state index is 14.6. The molecule has 0 aromatic heterocycles. The smallest absolute Gasteiger partial charge is 0.264 e. The van der Waals surface area contributed by atoms with Gasteiger partial charge in [-0.2, -0.15) is 0 Å². The summed E-state index contributed by atoms with van der Waals surface area (Å²) >= 11 is 13.1. The van der Waals surface area contributed by atoms with Crippen LogP contribution < -0.4 is 14.4 Å². The number of hydrogen-bond acceptors (Lipinski definition) is 5. The molecule has 0 bridgehead atoms. The Hall–Kier alpha value is -4.12. The van der Waals surface area contributed by atoms with Crippen molar-refractivity contribution in [2.45, 2.75) is 50.6 Å². The minimum atomic E-state index is -4.41. The van der Waals surface area contributed by atoms with Gasteiger partial charge in [0, 0.05) is 35.1 Å². The lowest BCUT2D eigenvalue weighted by atomic mass is 10.0. The van der Waals surface area contributed by atoms with Crippen LogP contribution in [0.1, 0.15) is 37.8 Å². The van der Waals surface area contributed by atoms with Crippen molar-refractivity contribution in [3.63, 3.8) is 0 Å². The Morgan fingerprint density at radius 1 is 0.875 bits per heavy atom. The highest BCUT2D eigenvalue weighted by atomic mass is 35.5. The van der Waals surface area contributed by atoms with Crippen LogP contribution in [-0.4, -0.2) is 50.9 Å². The molecule has 1 N–H and O–H groups in total. The predicted molar refractivity (Wildman–Crippen MR) is 187 cm³/mol. The summed E-state index contributed by atoms with van der Waals surface area (Å²) in [6.45, 7) is 3.75. The molecule has 48 heavy (non-hydrogen) atoms. The standard InChI is InChI=1S/C36H38Cl2FN3O5S/c1-3-5-22-40-36(44)34(23-26-10-7-6-8-11-26)41(24-31-32(37)12-9-13-33(31)38)35(43)25-42(28-16-18-29(19-17-28)47-4-2)48(45,46)30-20-14-27(39)15-21-30/h6-21,34H,3-5,22-25H2,1-2H3,(H,40,44)/t34-/m0/s1. The maximum atomic E-state index is 14.6. The van der Waals surface area contributed by atoms with Crippen LogP contribution in [0.4, 0.5) is 10.1 Å². The second kappa shape index (κ2) is 17.3. The van der Waals surface area contributed by atoms with E-state index in [0.717, 1.165) is 47.0 Å². The lowest BCUT2D eigenvalue weighted by Crippen LogP contribution is -2.53. The molecule has 0 aliphatic carbocycles. The van der Waals surface area contributed by atoms with Crippen LogP contribution >= 0.6 is 23.2 Å². The van der Waals surface area contributed by atoms with Gasteiger partial charge in [-0.05, 0) is 79.6 Å². The summed E-state index contributed by atoms with van der Waals surface area (Å²) in [5, 5.41) is 3.51. The highest BCUT2D eigenvalue weighted by molar-refractivity contribution is 7.92. The zero-order valence-corrected chi connectivity index (χ0v) is 29.1. The van der Waals surface area contributed by atoms with Gasteiger partial charge in [-0.15, -0.1) is 0 Å². The van der Waals surface area contributed by atoms with Gasteiger partial charge in [0.2, 0.25) is 11.8 Å². The zero-order chi connectivity index (χ0) is 34.7. The predicted octanol–water partition coefficient (Wildman–Crippen LogP) is 7.28. The molecule has 0 heterocycles. The molecular formula is C36H38Cl2FN3O5S. The highest BCUT2D eigenvalue weighted by Gasteiger charge is 2.35. The van der Waals surface area contributed by atoms with Crippen molar-refractivity contribution in [1.82, 2.24) is 10.2 Å². The Bertz CT molecular complexity index is 1760. The van der Waals surface area contributed by atoms with Crippen LogP contribution in [0.2, 0.25) is 10.0 Å². The van der Waals surface area contributed by atoms with Gasteiger partial charge >= 0.3 is 0 Å². The van der Waals surface area contributed by atoms with Crippen LogP contribution in [0.5, 0.6) is 5.75 Å². The van der Waals surface area contributed by atoms with Crippen molar-refractivity contribution in [3.8, 4) is 5.75 Å². The first kappa shape index (κ1) is 36.7. The molecule has 0 saturated heterocycles. The van der Waals surface area contributed by atoms with Crippen molar-refractivity contribution in [2.24, 2.45) is 0 Å². The molecule has 4 aromatic carbocycles. The van der Waals surface area contributed by atoms with Gasteiger partial charge in [0.15, 0.2) is 0 Å². The first-order valence-corrected chi connectivity index (χ1v) is 17.8. The molecule has 0 radical (unpaired) electrons. The van der Waals surface area contributed by atoms with Crippen molar-refractivity contribution in [3.05, 3.63) is 124 Å². The Kier molecular flexibility index (Phi) is 13.3. The van der Waals surface area contributed by atoms with Gasteiger partial charge in [0.25, 0.3) is 10.0 Å². The molecule has 8 nitrogen and oxygen atoms in total. The number of unbranched alkanes of at least 4 members (excludes halogenated alkanes) is 1. The van der Waals surface area contributed by atoms with Gasteiger partial charge in [0.1, 0.15) is 24.2 Å². The van der Waals surface area contributed by atoms with Gasteiger partial charge in [-0.3, -0.25) is 13.9 Å². The molecule has 4 rings (SSSR count). The molecule has 0 aliphatic heterocycles. The second-order valence-electron chi connectivity index (χ2n) is 11.0. The molecule has 1 atom stereocenters. The molecule has 0 fully saturated rings. The number of nitrogens with one attached hydrogen (secondary N) is 1. The summed E-state index contributed by atoms with van der Waals surface area (Å²) in [6.07, 6.45) is 1.72. The number of anilines is 1. The van der Waals surface area contributed by atoms with Gasteiger partial charge in [-0.25, -0.2) is 12.8 Å². The van der Waals surface area contributed by atoms with E-state index in [1.807, 2.05) is 44.2 Å². The van der Waals surface area contributed by atoms with E-state index in [-0.39, 0.29) is 33.6 Å². The molecule has 0 aliphatic rings. The SMILES string of the molecule is CCCCNC(=O)[C@H](Cc1ccccc1)N(Cc1c(Cl)cccc1Cl)C(=O)CN(c1ccc(OCC)cc1)S(=O)(=O)c1ccc(F)cc1. The summed E-state index contributed by atoms with van der Waals surface area (Å²) in [5.74, 6) is -1.19. The number of carbonyl (C=O) groups is 2. The van der Waals surface area contributed by atoms with E-state index in [1.54, 1.807) is 30.3 Å². The first-order chi connectivity index (χ1) is 23.0. The molecule has 0 spiro atoms. The van der Waals surface area contributed by atoms with Crippen LogP contribution in [-0.2, 0) is 32.6 Å². The highest BCUT2D eigenvalue weighted by Crippen LogP contribution is 2.30. The van der Waals surface area contributed by atoms with Crippen molar-refractivity contribution >= 4 is 50.7 Å². The molecular weight excluding hydrogens is 676 g/mol. The van der Waals surface area contributed by atoms with E-state index in [2.05, 4.69) is 5.32 Å². The number of ether oxygens (including phenoxy) is 1. The number of rotatable bonds is 16. The molecule has 4 aromatic rings. The van der Waals surface area contributed by atoms with Crippen molar-refractivity contribution < 1.29 is 27.1 Å². The Morgan fingerprint density at radius 3 is 2.12 bits per heavy atom. The number of amides is 2. The Labute approximate surface area is 291 Å². The number of sulfonamides is 1. The molecule has 0 unspecified atom stereocenters. The summed E-state index contributed by atoms with van der Waals surface area (Å²) in [4.78, 5) is 29.6. The maximum Gasteiger partial charge on any atom is 0.264 e. The van der Waals surface area contributed by atoms with Crippen LogP contribution in [0, 0.1) is 5.82 Å². The molecule has 254 valence electrons. The van der Waals surface area contributed by atoms with Crippen LogP contribution in [0.25, 0.3) is 0 Å². The van der Waals surface area contributed by atoms with Gasteiger partial charge in [-0.1, -0.05) is 72.9 Å². The van der Waals surface area contributed by atoms with Gasteiger partial charge < -0.3 is 15.0 Å². The van der Waals surface area contributed by atoms with E-state index in [9.17, 15) is 22.4 Å². The van der Waals surface area contributed by atoms with Crippen molar-refractivity contribution in [1.29, 1.82) is 0 Å². The Morgan fingerprint density at radius 2 is 1.52 bits per heavy atom. The minimum absolute atomic E-state index is 0.139. The minimum Gasteiger partial charge on any atom is -0.494 e. The third-order valence-electron chi connectivity index (χ3n) is 7.61. The van der Waals surface area contributed by atoms with Gasteiger partial charge in [0.05, 0.1) is 17.2 Å². The average molecular weight is 715 g/mol. The lowest BCUT2D eigenvalue weighted by Gasteiger charge is -2.34. The largest absolute Gasteiger partial charge is 0.494 e. The summed E-state index contributed by atoms with van der Waals surface area (Å²) in [5.41, 5.74) is 1.36. The normalized spacial score (nSPS) is 11.9.